The first-order chi connectivity index (χ1) is 10.5. The number of carbonyl (C=O) groups is 2. The average molecular weight is 311 g/mol. The zero-order chi connectivity index (χ0) is 16.1. The van der Waals surface area contributed by atoms with E-state index in [1.54, 1.807) is 19.0 Å². The first kappa shape index (κ1) is 17.2. The molecule has 2 heterocycles. The summed E-state index contributed by atoms with van der Waals surface area (Å²) in [5.41, 5.74) is 0. The van der Waals surface area contributed by atoms with Crippen molar-refractivity contribution in [2.24, 2.45) is 0 Å². The van der Waals surface area contributed by atoms with Crippen LogP contribution in [0.25, 0.3) is 0 Å². The van der Waals surface area contributed by atoms with Gasteiger partial charge in [-0.25, -0.2) is 0 Å². The van der Waals surface area contributed by atoms with E-state index in [9.17, 15) is 9.59 Å². The molecule has 0 aliphatic carbocycles. The fourth-order valence-electron chi connectivity index (χ4n) is 2.88. The maximum Gasteiger partial charge on any atom is 0.236 e. The molecular formula is C15H29N5O2. The highest BCUT2D eigenvalue weighted by molar-refractivity contribution is 5.79. The molecule has 1 atom stereocenters. The van der Waals surface area contributed by atoms with Crippen LogP contribution in [0.15, 0.2) is 0 Å². The molecule has 0 aromatic heterocycles. The minimum Gasteiger partial charge on any atom is -0.348 e. The largest absolute Gasteiger partial charge is 0.348 e. The van der Waals surface area contributed by atoms with Crippen LogP contribution in [0.1, 0.15) is 6.92 Å². The minimum absolute atomic E-state index is 0.120. The second-order valence-electron chi connectivity index (χ2n) is 6.47. The molecule has 0 aromatic rings. The van der Waals surface area contributed by atoms with Crippen LogP contribution in [0.5, 0.6) is 0 Å². The second kappa shape index (κ2) is 7.89. The van der Waals surface area contributed by atoms with Crippen LogP contribution >= 0.6 is 0 Å². The van der Waals surface area contributed by atoms with Crippen molar-refractivity contribution in [1.29, 1.82) is 0 Å². The molecule has 0 aromatic carbocycles. The molecule has 7 nitrogen and oxygen atoms in total. The molecule has 22 heavy (non-hydrogen) atoms. The third-order valence-electron chi connectivity index (χ3n) is 4.56. The van der Waals surface area contributed by atoms with Crippen LogP contribution in [0.2, 0.25) is 0 Å². The predicted octanol–water partition coefficient (Wildman–Crippen LogP) is -1.49. The van der Waals surface area contributed by atoms with E-state index >= 15 is 0 Å². The number of hydrogen-bond acceptors (Lipinski definition) is 5. The Balaban J connectivity index is 1.74. The first-order valence-electron chi connectivity index (χ1n) is 8.12. The van der Waals surface area contributed by atoms with E-state index in [1.165, 1.54) is 0 Å². The third kappa shape index (κ3) is 4.66. The Hall–Kier alpha value is -1.18. The molecule has 2 aliphatic heterocycles. The summed E-state index contributed by atoms with van der Waals surface area (Å²) in [6.07, 6.45) is 0. The van der Waals surface area contributed by atoms with Crippen molar-refractivity contribution in [2.75, 3.05) is 73.0 Å². The molecule has 2 fully saturated rings. The summed E-state index contributed by atoms with van der Waals surface area (Å²) in [6, 6.07) is 0.414. The van der Waals surface area contributed by atoms with Gasteiger partial charge in [0, 0.05) is 66.0 Å². The Morgan fingerprint density at radius 1 is 1.09 bits per heavy atom. The normalized spacial score (nSPS) is 24.3. The molecule has 2 saturated heterocycles. The maximum atomic E-state index is 12.4. The van der Waals surface area contributed by atoms with Crippen molar-refractivity contribution in [3.05, 3.63) is 0 Å². The standard InChI is InChI=1S/C15H29N5O2/c1-13-10-16-4-5-20(13)12-15(22)19-8-6-18(7-9-19)11-14(21)17(2)3/h13,16H,4-12H2,1-3H3/t13-/m1/s1. The maximum absolute atomic E-state index is 12.4. The van der Waals surface area contributed by atoms with Gasteiger partial charge in [-0.1, -0.05) is 0 Å². The second-order valence-corrected chi connectivity index (χ2v) is 6.47. The van der Waals surface area contributed by atoms with Gasteiger partial charge in [0.05, 0.1) is 13.1 Å². The highest BCUT2D eigenvalue weighted by atomic mass is 16.2. The molecule has 1 N–H and O–H groups in total. The van der Waals surface area contributed by atoms with Crippen molar-refractivity contribution in [3.63, 3.8) is 0 Å². The van der Waals surface area contributed by atoms with Gasteiger partial charge in [0.1, 0.15) is 0 Å². The monoisotopic (exact) mass is 311 g/mol. The van der Waals surface area contributed by atoms with Crippen LogP contribution in [0.4, 0.5) is 0 Å². The van der Waals surface area contributed by atoms with Crippen molar-refractivity contribution >= 4 is 11.8 Å². The summed E-state index contributed by atoms with van der Waals surface area (Å²) < 4.78 is 0. The van der Waals surface area contributed by atoms with E-state index < -0.39 is 0 Å². The summed E-state index contributed by atoms with van der Waals surface area (Å²) in [5.74, 6) is 0.335. The van der Waals surface area contributed by atoms with E-state index in [4.69, 9.17) is 0 Å². The van der Waals surface area contributed by atoms with Gasteiger partial charge in [0.15, 0.2) is 0 Å². The number of nitrogens with one attached hydrogen (secondary N) is 1. The van der Waals surface area contributed by atoms with Crippen LogP contribution in [-0.4, -0.2) is 110 Å². The lowest BCUT2D eigenvalue weighted by Gasteiger charge is -2.38. The molecule has 2 rings (SSSR count). The van der Waals surface area contributed by atoms with E-state index in [2.05, 4.69) is 22.0 Å². The lowest BCUT2D eigenvalue weighted by molar-refractivity contribution is -0.135. The van der Waals surface area contributed by atoms with Crippen molar-refractivity contribution in [2.45, 2.75) is 13.0 Å². The Labute approximate surface area is 133 Å². The molecule has 7 heteroatoms. The lowest BCUT2D eigenvalue weighted by atomic mass is 10.2. The van der Waals surface area contributed by atoms with Crippen LogP contribution < -0.4 is 5.32 Å². The first-order valence-corrected chi connectivity index (χ1v) is 8.12. The lowest BCUT2D eigenvalue weighted by Crippen LogP contribution is -2.56. The predicted molar refractivity (Wildman–Crippen MR) is 85.6 cm³/mol. The van der Waals surface area contributed by atoms with E-state index in [1.807, 2.05) is 4.90 Å². The molecule has 2 aliphatic rings. The zero-order valence-electron chi connectivity index (χ0n) is 14.0. The molecule has 0 spiro atoms. The van der Waals surface area contributed by atoms with Gasteiger partial charge < -0.3 is 15.1 Å². The summed E-state index contributed by atoms with van der Waals surface area (Å²) in [6.45, 7) is 8.97. The molecule has 0 saturated carbocycles. The van der Waals surface area contributed by atoms with Crippen molar-refractivity contribution < 1.29 is 9.59 Å². The van der Waals surface area contributed by atoms with E-state index in [-0.39, 0.29) is 11.8 Å². The van der Waals surface area contributed by atoms with Crippen LogP contribution in [-0.2, 0) is 9.59 Å². The van der Waals surface area contributed by atoms with Gasteiger partial charge >= 0.3 is 0 Å². The Bertz CT molecular complexity index is 393. The van der Waals surface area contributed by atoms with Crippen LogP contribution in [0, 0.1) is 0 Å². The van der Waals surface area contributed by atoms with Gasteiger partial charge in [-0.15, -0.1) is 0 Å². The summed E-state index contributed by atoms with van der Waals surface area (Å²) in [7, 11) is 3.55. The van der Waals surface area contributed by atoms with Gasteiger partial charge in [-0.2, -0.15) is 0 Å². The SMILES string of the molecule is C[C@@H]1CNCCN1CC(=O)N1CCN(CC(=O)N(C)C)CC1. The quantitative estimate of drug-likeness (QED) is 0.686. The highest BCUT2D eigenvalue weighted by Crippen LogP contribution is 2.06. The summed E-state index contributed by atoms with van der Waals surface area (Å²) in [5, 5.41) is 3.34. The smallest absolute Gasteiger partial charge is 0.236 e. The Morgan fingerprint density at radius 2 is 1.77 bits per heavy atom. The van der Waals surface area contributed by atoms with E-state index in [0.717, 1.165) is 45.8 Å². The number of piperazine rings is 2. The van der Waals surface area contributed by atoms with Gasteiger partial charge in [-0.3, -0.25) is 19.4 Å². The van der Waals surface area contributed by atoms with Gasteiger partial charge in [-0.05, 0) is 6.92 Å². The minimum atomic E-state index is 0.120. The van der Waals surface area contributed by atoms with Crippen molar-refractivity contribution in [1.82, 2.24) is 24.9 Å². The molecule has 0 unspecified atom stereocenters. The fraction of sp³-hybridized carbons (Fsp3) is 0.867. The highest BCUT2D eigenvalue weighted by Gasteiger charge is 2.26. The number of carbonyl (C=O) groups excluding carboxylic acids is 2. The number of hydrogen-bond donors (Lipinski definition) is 1. The average Bonchev–Trinajstić information content (AvgIpc) is 2.50. The van der Waals surface area contributed by atoms with Gasteiger partial charge in [0.25, 0.3) is 0 Å². The number of likely N-dealkylation sites (N-methyl/N-ethyl adjacent to an activating group) is 1. The number of amides is 2. The van der Waals surface area contributed by atoms with Crippen LogP contribution in [0.3, 0.4) is 0 Å². The zero-order valence-corrected chi connectivity index (χ0v) is 14.0. The van der Waals surface area contributed by atoms with Gasteiger partial charge in [0.2, 0.25) is 11.8 Å². The summed E-state index contributed by atoms with van der Waals surface area (Å²) >= 11 is 0. The Morgan fingerprint density at radius 3 is 2.36 bits per heavy atom. The molecule has 0 bridgehead atoms. The number of rotatable bonds is 4. The molecule has 0 radical (unpaired) electrons. The third-order valence-corrected chi connectivity index (χ3v) is 4.56. The molecule has 126 valence electrons. The molecule has 2 amide bonds. The topological polar surface area (TPSA) is 59.1 Å². The van der Waals surface area contributed by atoms with E-state index in [0.29, 0.717) is 19.1 Å². The van der Waals surface area contributed by atoms with Crippen molar-refractivity contribution in [3.8, 4) is 0 Å². The number of nitrogens with zero attached hydrogens (tertiary/aromatic N) is 4. The molecular weight excluding hydrogens is 282 g/mol. The summed E-state index contributed by atoms with van der Waals surface area (Å²) in [4.78, 5) is 32.1. The Kier molecular flexibility index (Phi) is 6.16. The fourth-order valence-corrected chi connectivity index (χ4v) is 2.88.